The highest BCUT2D eigenvalue weighted by Crippen LogP contribution is 2.20. The molecule has 33 heavy (non-hydrogen) atoms. The summed E-state index contributed by atoms with van der Waals surface area (Å²) in [7, 11) is 0. The lowest BCUT2D eigenvalue weighted by atomic mass is 10.1. The molecule has 1 aromatic heterocycles. The number of carbonyl (C=O) groups excluding carboxylic acids is 2. The maximum Gasteiger partial charge on any atom is 0.242 e. The molecule has 2 aromatic carbocycles. The van der Waals surface area contributed by atoms with E-state index in [9.17, 15) is 14.0 Å². The van der Waals surface area contributed by atoms with Crippen LogP contribution in [0, 0.1) is 12.7 Å². The van der Waals surface area contributed by atoms with Crippen molar-refractivity contribution in [2.45, 2.75) is 52.7 Å². The Morgan fingerprint density at radius 3 is 2.24 bits per heavy atom. The molecule has 6 heteroatoms. The first-order valence-corrected chi connectivity index (χ1v) is 12.1. The molecule has 0 aliphatic heterocycles. The highest BCUT2D eigenvalue weighted by molar-refractivity contribution is 7.10. The molecule has 0 radical (unpaired) electrons. The van der Waals surface area contributed by atoms with Gasteiger partial charge in [0.05, 0.1) is 13.0 Å². The average molecular weight is 467 g/mol. The van der Waals surface area contributed by atoms with E-state index >= 15 is 0 Å². The number of benzene rings is 2. The monoisotopic (exact) mass is 466 g/mol. The molecular weight excluding hydrogens is 435 g/mol. The number of amides is 2. The number of carbonyl (C=O) groups is 2. The molecule has 4 nitrogen and oxygen atoms in total. The van der Waals surface area contributed by atoms with Crippen molar-refractivity contribution in [2.75, 3.05) is 6.54 Å². The molecule has 0 aliphatic carbocycles. The van der Waals surface area contributed by atoms with Crippen molar-refractivity contribution in [3.63, 3.8) is 0 Å². The van der Waals surface area contributed by atoms with Gasteiger partial charge in [-0.2, -0.15) is 0 Å². The molecule has 2 amide bonds. The minimum atomic E-state index is -0.333. The molecule has 0 spiro atoms. The van der Waals surface area contributed by atoms with E-state index in [0.29, 0.717) is 13.1 Å². The van der Waals surface area contributed by atoms with E-state index in [-0.39, 0.29) is 36.6 Å². The van der Waals surface area contributed by atoms with E-state index < -0.39 is 0 Å². The van der Waals surface area contributed by atoms with Crippen LogP contribution in [-0.4, -0.2) is 34.2 Å². The van der Waals surface area contributed by atoms with Crippen LogP contribution in [0.25, 0.3) is 0 Å². The number of rotatable bonds is 10. The topological polar surface area (TPSA) is 40.6 Å². The first kappa shape index (κ1) is 24.6. The van der Waals surface area contributed by atoms with E-state index in [1.54, 1.807) is 28.4 Å². The quantitative estimate of drug-likeness (QED) is 0.391. The number of thiophene rings is 1. The van der Waals surface area contributed by atoms with Crippen LogP contribution in [0.3, 0.4) is 0 Å². The van der Waals surface area contributed by atoms with Crippen LogP contribution in [0.5, 0.6) is 0 Å². The Labute approximate surface area is 199 Å². The molecule has 0 aliphatic rings. The number of hydrogen-bond donors (Lipinski definition) is 0. The summed E-state index contributed by atoms with van der Waals surface area (Å²) in [6.45, 7) is 7.03. The van der Waals surface area contributed by atoms with Gasteiger partial charge in [-0.1, -0.05) is 49.4 Å². The number of halogens is 1. The normalized spacial score (nSPS) is 11.8. The molecule has 0 saturated heterocycles. The van der Waals surface area contributed by atoms with Crippen molar-refractivity contribution < 1.29 is 14.0 Å². The Morgan fingerprint density at radius 1 is 0.939 bits per heavy atom. The van der Waals surface area contributed by atoms with Gasteiger partial charge < -0.3 is 9.80 Å². The Bertz CT molecular complexity index is 1050. The van der Waals surface area contributed by atoms with Crippen LogP contribution >= 0.6 is 11.3 Å². The largest absolute Gasteiger partial charge is 0.332 e. The number of aryl methyl sites for hydroxylation is 1. The molecular formula is C27H31FN2O2S. The predicted octanol–water partition coefficient (Wildman–Crippen LogP) is 5.59. The summed E-state index contributed by atoms with van der Waals surface area (Å²) in [5, 5.41) is 2.04. The molecule has 0 fully saturated rings. The van der Waals surface area contributed by atoms with E-state index in [4.69, 9.17) is 0 Å². The zero-order valence-corrected chi connectivity index (χ0v) is 20.3. The van der Waals surface area contributed by atoms with Gasteiger partial charge in [0.15, 0.2) is 0 Å². The van der Waals surface area contributed by atoms with Gasteiger partial charge in [0, 0.05) is 17.5 Å². The SMILES string of the molecule is CC[C@H](C)N(CC(=O)N(Cc1ccccc1)Cc1sccc1C)C(=O)Cc1ccc(F)cc1. The highest BCUT2D eigenvalue weighted by Gasteiger charge is 2.25. The second kappa shape index (κ2) is 11.8. The second-order valence-electron chi connectivity index (χ2n) is 8.34. The fraction of sp³-hybridized carbons (Fsp3) is 0.333. The summed E-state index contributed by atoms with van der Waals surface area (Å²) in [4.78, 5) is 31.3. The van der Waals surface area contributed by atoms with E-state index in [0.717, 1.165) is 28.0 Å². The minimum absolute atomic E-state index is 0.0201. The number of hydrogen-bond acceptors (Lipinski definition) is 3. The van der Waals surface area contributed by atoms with Gasteiger partial charge in [-0.15, -0.1) is 11.3 Å². The third-order valence-electron chi connectivity index (χ3n) is 5.89. The van der Waals surface area contributed by atoms with Crippen LogP contribution in [0.4, 0.5) is 4.39 Å². The Morgan fingerprint density at radius 2 is 1.64 bits per heavy atom. The molecule has 0 N–H and O–H groups in total. The maximum atomic E-state index is 13.5. The summed E-state index contributed by atoms with van der Waals surface area (Å²) in [5.74, 6) is -0.545. The fourth-order valence-electron chi connectivity index (χ4n) is 3.61. The van der Waals surface area contributed by atoms with E-state index in [1.165, 1.54) is 12.1 Å². The van der Waals surface area contributed by atoms with Crippen LogP contribution in [-0.2, 0) is 29.1 Å². The van der Waals surface area contributed by atoms with Gasteiger partial charge in [-0.05, 0) is 60.5 Å². The molecule has 1 atom stereocenters. The van der Waals surface area contributed by atoms with Gasteiger partial charge in [-0.3, -0.25) is 9.59 Å². The van der Waals surface area contributed by atoms with Crippen molar-refractivity contribution in [1.82, 2.24) is 9.80 Å². The van der Waals surface area contributed by atoms with Crippen molar-refractivity contribution >= 4 is 23.2 Å². The van der Waals surface area contributed by atoms with Crippen molar-refractivity contribution in [3.8, 4) is 0 Å². The lowest BCUT2D eigenvalue weighted by Crippen LogP contribution is -2.46. The molecule has 1 heterocycles. The zero-order valence-electron chi connectivity index (χ0n) is 19.5. The molecule has 3 rings (SSSR count). The Hall–Kier alpha value is -2.99. The Kier molecular flexibility index (Phi) is 8.78. The van der Waals surface area contributed by atoms with E-state index in [2.05, 4.69) is 13.0 Å². The molecule has 3 aromatic rings. The summed E-state index contributed by atoms with van der Waals surface area (Å²) < 4.78 is 13.2. The molecule has 0 saturated carbocycles. The summed E-state index contributed by atoms with van der Waals surface area (Å²) in [6.07, 6.45) is 0.881. The van der Waals surface area contributed by atoms with Gasteiger partial charge in [0.2, 0.25) is 11.8 Å². The lowest BCUT2D eigenvalue weighted by Gasteiger charge is -2.31. The van der Waals surface area contributed by atoms with Crippen molar-refractivity contribution in [2.24, 2.45) is 0 Å². The fourth-order valence-corrected chi connectivity index (χ4v) is 4.53. The van der Waals surface area contributed by atoms with E-state index in [1.807, 2.05) is 54.5 Å². The van der Waals surface area contributed by atoms with Crippen LogP contribution in [0.2, 0.25) is 0 Å². The predicted molar refractivity (Wildman–Crippen MR) is 131 cm³/mol. The Balaban J connectivity index is 1.78. The van der Waals surface area contributed by atoms with Crippen molar-refractivity contribution in [1.29, 1.82) is 0 Å². The van der Waals surface area contributed by atoms with Crippen LogP contribution in [0.1, 0.15) is 41.8 Å². The van der Waals surface area contributed by atoms with Gasteiger partial charge in [0.1, 0.15) is 12.4 Å². The summed E-state index contributed by atoms with van der Waals surface area (Å²) >= 11 is 1.64. The molecule has 0 bridgehead atoms. The average Bonchev–Trinajstić information content (AvgIpc) is 3.22. The molecule has 174 valence electrons. The second-order valence-corrected chi connectivity index (χ2v) is 9.35. The van der Waals surface area contributed by atoms with Crippen molar-refractivity contribution in [3.05, 3.63) is 93.4 Å². The third kappa shape index (κ3) is 6.99. The zero-order chi connectivity index (χ0) is 23.8. The maximum absolute atomic E-state index is 13.5. The van der Waals surface area contributed by atoms with Gasteiger partial charge in [-0.25, -0.2) is 4.39 Å². The highest BCUT2D eigenvalue weighted by atomic mass is 32.1. The van der Waals surface area contributed by atoms with Crippen LogP contribution in [0.15, 0.2) is 66.0 Å². The third-order valence-corrected chi connectivity index (χ3v) is 6.90. The van der Waals surface area contributed by atoms with Crippen LogP contribution < -0.4 is 0 Å². The molecule has 0 unspecified atom stereocenters. The standard InChI is InChI=1S/C27H31FN2O2S/c1-4-21(3)30(26(31)16-22-10-12-24(28)13-11-22)19-27(32)29(17-23-8-6-5-7-9-23)18-25-20(2)14-15-33-25/h5-15,21H,4,16-19H2,1-3H3/t21-/m0/s1. The lowest BCUT2D eigenvalue weighted by molar-refractivity contribution is -0.142. The summed E-state index contributed by atoms with van der Waals surface area (Å²) in [5.41, 5.74) is 2.95. The first-order chi connectivity index (χ1) is 15.9. The minimum Gasteiger partial charge on any atom is -0.332 e. The number of nitrogens with zero attached hydrogens (tertiary/aromatic N) is 2. The van der Waals surface area contributed by atoms with Gasteiger partial charge >= 0.3 is 0 Å². The first-order valence-electron chi connectivity index (χ1n) is 11.3. The van der Waals surface area contributed by atoms with Gasteiger partial charge in [0.25, 0.3) is 0 Å². The summed E-state index contributed by atoms with van der Waals surface area (Å²) in [6, 6.07) is 17.8. The smallest absolute Gasteiger partial charge is 0.242 e.